The zero-order chi connectivity index (χ0) is 24.9. The molecule has 0 saturated carbocycles. The average Bonchev–Trinajstić information content (AvgIpc) is 2.73. The van der Waals surface area contributed by atoms with Gasteiger partial charge in [-0.1, -0.05) is 11.6 Å². The van der Waals surface area contributed by atoms with Crippen molar-refractivity contribution in [3.8, 4) is 5.75 Å². The van der Waals surface area contributed by atoms with E-state index in [1.165, 1.54) is 44.2 Å². The Morgan fingerprint density at radius 2 is 1.88 bits per heavy atom. The third-order valence-electron chi connectivity index (χ3n) is 4.64. The van der Waals surface area contributed by atoms with Crippen molar-refractivity contribution in [2.24, 2.45) is 0 Å². The minimum absolute atomic E-state index is 0.0715. The molecule has 0 aliphatic carbocycles. The second kappa shape index (κ2) is 10.5. The number of methoxy groups -OCH3 is 1. The summed E-state index contributed by atoms with van der Waals surface area (Å²) in [5, 5.41) is 15.3. The van der Waals surface area contributed by atoms with Gasteiger partial charge in [-0.05, 0) is 38.2 Å². The molecule has 0 spiro atoms. The first-order chi connectivity index (χ1) is 15.3. The Bertz CT molecular complexity index is 1060. The molecule has 33 heavy (non-hydrogen) atoms. The van der Waals surface area contributed by atoms with Gasteiger partial charge in [-0.3, -0.25) is 24.6 Å². The van der Waals surface area contributed by atoms with Gasteiger partial charge in [0.15, 0.2) is 0 Å². The highest BCUT2D eigenvalue weighted by Crippen LogP contribution is 2.36. The molecule has 0 fully saturated rings. The number of likely N-dealkylation sites (N-methyl/N-ethyl adjacent to an activating group) is 1. The highest BCUT2D eigenvalue weighted by atomic mass is 35.5. The summed E-state index contributed by atoms with van der Waals surface area (Å²) in [5.74, 6) is -1.06. The van der Waals surface area contributed by atoms with E-state index in [1.54, 1.807) is 0 Å². The first-order valence-electron chi connectivity index (χ1n) is 9.33. The number of nitrogens with one attached hydrogen (secondary N) is 2. The lowest BCUT2D eigenvalue weighted by Gasteiger charge is -2.23. The number of nitro groups is 1. The van der Waals surface area contributed by atoms with Crippen molar-refractivity contribution < 1.29 is 32.4 Å². The standard InChI is InChI=1S/C20H20ClF3N4O5/c1-11(19(30)26-16-9-13(28(31)32)5-7-17(16)33-3)27(2)10-18(29)25-12-4-6-15(21)14(8-12)20(22,23)24/h4-9,11H,10H2,1-3H3,(H,25,29)(H,26,30)/t11-/m0/s1. The molecule has 0 aliphatic heterocycles. The molecule has 0 aliphatic rings. The molecule has 2 N–H and O–H groups in total. The molecular weight excluding hydrogens is 469 g/mol. The minimum atomic E-state index is -4.69. The largest absolute Gasteiger partial charge is 0.495 e. The smallest absolute Gasteiger partial charge is 0.417 e. The van der Waals surface area contributed by atoms with Crippen LogP contribution in [0.1, 0.15) is 12.5 Å². The normalized spacial score (nSPS) is 12.2. The molecule has 2 amide bonds. The number of halogens is 4. The predicted octanol–water partition coefficient (Wildman–Crippen LogP) is 4.17. The number of nitro benzene ring substituents is 1. The van der Waals surface area contributed by atoms with E-state index in [0.29, 0.717) is 6.07 Å². The summed E-state index contributed by atoms with van der Waals surface area (Å²) in [5.41, 5.74) is -1.38. The molecule has 13 heteroatoms. The number of carbonyl (C=O) groups is 2. The average molecular weight is 489 g/mol. The van der Waals surface area contributed by atoms with Crippen molar-refractivity contribution in [1.29, 1.82) is 0 Å². The second-order valence-electron chi connectivity index (χ2n) is 6.96. The van der Waals surface area contributed by atoms with E-state index in [2.05, 4.69) is 10.6 Å². The van der Waals surface area contributed by atoms with Gasteiger partial charge in [-0.15, -0.1) is 0 Å². The van der Waals surface area contributed by atoms with Crippen molar-refractivity contribution in [1.82, 2.24) is 4.90 Å². The molecule has 9 nitrogen and oxygen atoms in total. The van der Waals surface area contributed by atoms with Crippen LogP contribution >= 0.6 is 11.6 Å². The van der Waals surface area contributed by atoms with Gasteiger partial charge >= 0.3 is 6.18 Å². The van der Waals surface area contributed by atoms with Crippen LogP contribution in [0, 0.1) is 10.1 Å². The molecule has 178 valence electrons. The fraction of sp³-hybridized carbons (Fsp3) is 0.300. The van der Waals surface area contributed by atoms with E-state index >= 15 is 0 Å². The Kier molecular flexibility index (Phi) is 8.23. The number of benzene rings is 2. The van der Waals surface area contributed by atoms with Gasteiger partial charge in [0.2, 0.25) is 11.8 Å². The fourth-order valence-electron chi connectivity index (χ4n) is 2.73. The third kappa shape index (κ3) is 6.80. The highest BCUT2D eigenvalue weighted by Gasteiger charge is 2.33. The quantitative estimate of drug-likeness (QED) is 0.426. The van der Waals surface area contributed by atoms with Gasteiger partial charge in [-0.25, -0.2) is 0 Å². The lowest BCUT2D eigenvalue weighted by molar-refractivity contribution is -0.384. The number of amides is 2. The van der Waals surface area contributed by atoms with Crippen LogP contribution in [0.15, 0.2) is 36.4 Å². The van der Waals surface area contributed by atoms with E-state index in [-0.39, 0.29) is 29.4 Å². The first-order valence-corrected chi connectivity index (χ1v) is 9.71. The first kappa shape index (κ1) is 25.9. The summed E-state index contributed by atoms with van der Waals surface area (Å²) in [4.78, 5) is 36.6. The summed E-state index contributed by atoms with van der Waals surface area (Å²) >= 11 is 5.56. The Morgan fingerprint density at radius 1 is 1.21 bits per heavy atom. The molecule has 2 rings (SSSR count). The highest BCUT2D eigenvalue weighted by molar-refractivity contribution is 6.31. The molecule has 0 saturated heterocycles. The van der Waals surface area contributed by atoms with Crippen LogP contribution in [0.4, 0.5) is 30.2 Å². The summed E-state index contributed by atoms with van der Waals surface area (Å²) in [6.07, 6.45) is -4.69. The van der Waals surface area contributed by atoms with Crippen molar-refractivity contribution in [2.75, 3.05) is 31.3 Å². The monoisotopic (exact) mass is 488 g/mol. The Morgan fingerprint density at radius 3 is 2.45 bits per heavy atom. The van der Waals surface area contributed by atoms with Crippen LogP contribution in [0.25, 0.3) is 0 Å². The summed E-state index contributed by atoms with van der Waals surface area (Å²) in [6.45, 7) is 1.15. The zero-order valence-corrected chi connectivity index (χ0v) is 18.5. The van der Waals surface area contributed by atoms with Crippen LogP contribution in [-0.2, 0) is 15.8 Å². The molecular formula is C20H20ClF3N4O5. The number of ether oxygens (including phenoxy) is 1. The van der Waals surface area contributed by atoms with Crippen molar-refractivity contribution in [3.05, 3.63) is 57.1 Å². The van der Waals surface area contributed by atoms with E-state index in [1.807, 2.05) is 0 Å². The molecule has 0 radical (unpaired) electrons. The number of alkyl halides is 3. The number of hydrogen-bond acceptors (Lipinski definition) is 6. The van der Waals surface area contributed by atoms with E-state index in [9.17, 15) is 32.9 Å². The van der Waals surface area contributed by atoms with Crippen LogP contribution in [0.5, 0.6) is 5.75 Å². The molecule has 0 heterocycles. The van der Waals surface area contributed by atoms with E-state index < -0.39 is 39.5 Å². The molecule has 2 aromatic carbocycles. The third-order valence-corrected chi connectivity index (χ3v) is 4.97. The minimum Gasteiger partial charge on any atom is -0.495 e. The van der Waals surface area contributed by atoms with E-state index in [0.717, 1.165) is 12.1 Å². The van der Waals surface area contributed by atoms with Crippen LogP contribution < -0.4 is 15.4 Å². The summed E-state index contributed by atoms with van der Waals surface area (Å²) in [6, 6.07) is 5.76. The van der Waals surface area contributed by atoms with Crippen LogP contribution in [0.3, 0.4) is 0 Å². The molecule has 1 atom stereocenters. The molecule has 2 aromatic rings. The van der Waals surface area contributed by atoms with Gasteiger partial charge in [0.05, 0.1) is 40.9 Å². The van der Waals surface area contributed by atoms with Gasteiger partial charge in [0, 0.05) is 17.8 Å². The Labute approximate surface area is 191 Å². The van der Waals surface area contributed by atoms with Gasteiger partial charge < -0.3 is 15.4 Å². The molecule has 0 bridgehead atoms. The fourth-order valence-corrected chi connectivity index (χ4v) is 2.95. The zero-order valence-electron chi connectivity index (χ0n) is 17.7. The number of non-ortho nitro benzene ring substituents is 1. The number of anilines is 2. The number of hydrogen-bond donors (Lipinski definition) is 2. The number of rotatable bonds is 8. The van der Waals surface area contributed by atoms with Crippen LogP contribution in [0.2, 0.25) is 5.02 Å². The number of nitrogens with zero attached hydrogens (tertiary/aromatic N) is 2. The lowest BCUT2D eigenvalue weighted by atomic mass is 10.2. The summed E-state index contributed by atoms with van der Waals surface area (Å²) in [7, 11) is 2.79. The van der Waals surface area contributed by atoms with Crippen molar-refractivity contribution >= 4 is 40.5 Å². The maximum Gasteiger partial charge on any atom is 0.417 e. The maximum absolute atomic E-state index is 13.0. The Balaban J connectivity index is 2.05. The van der Waals surface area contributed by atoms with Gasteiger partial charge in [0.1, 0.15) is 5.75 Å². The SMILES string of the molecule is COc1ccc([N+](=O)[O-])cc1NC(=O)[C@H](C)N(C)CC(=O)Nc1ccc(Cl)c(C(F)(F)F)c1. The van der Waals surface area contributed by atoms with E-state index in [4.69, 9.17) is 16.3 Å². The van der Waals surface area contributed by atoms with Gasteiger partial charge in [-0.2, -0.15) is 13.2 Å². The maximum atomic E-state index is 13.0. The lowest BCUT2D eigenvalue weighted by Crippen LogP contribution is -2.43. The predicted molar refractivity (Wildman–Crippen MR) is 115 cm³/mol. The second-order valence-corrected chi connectivity index (χ2v) is 7.37. The van der Waals surface area contributed by atoms with Crippen LogP contribution in [-0.4, -0.2) is 48.4 Å². The molecule has 0 aromatic heterocycles. The summed E-state index contributed by atoms with van der Waals surface area (Å²) < 4.78 is 44.0. The molecule has 0 unspecified atom stereocenters. The topological polar surface area (TPSA) is 114 Å². The van der Waals surface area contributed by atoms with Crippen molar-refractivity contribution in [2.45, 2.75) is 19.1 Å². The van der Waals surface area contributed by atoms with Gasteiger partial charge in [0.25, 0.3) is 5.69 Å². The van der Waals surface area contributed by atoms with Crippen molar-refractivity contribution in [3.63, 3.8) is 0 Å². The number of carbonyl (C=O) groups excluding carboxylic acids is 2. The Hall–Kier alpha value is -3.38.